The van der Waals surface area contributed by atoms with Crippen LogP contribution >= 0.6 is 0 Å². The first-order valence-electron chi connectivity index (χ1n) is 8.47. The Morgan fingerprint density at radius 3 is 2.46 bits per heavy atom. The summed E-state index contributed by atoms with van der Waals surface area (Å²) >= 11 is 0. The molecule has 0 atom stereocenters. The van der Waals surface area contributed by atoms with Crippen LogP contribution < -0.4 is 15.8 Å². The Hall–Kier alpha value is -3.34. The van der Waals surface area contributed by atoms with Crippen LogP contribution in [0.5, 0.6) is 5.75 Å². The smallest absolute Gasteiger partial charge is 0.255 e. The van der Waals surface area contributed by atoms with Gasteiger partial charge in [0.05, 0.1) is 12.2 Å². The molecule has 0 unspecified atom stereocenters. The lowest BCUT2D eigenvalue weighted by Crippen LogP contribution is -2.24. The van der Waals surface area contributed by atoms with Crippen molar-refractivity contribution in [1.29, 1.82) is 0 Å². The second kappa shape index (κ2) is 8.67. The maximum atomic E-state index is 12.1. The lowest BCUT2D eigenvalue weighted by atomic mass is 10.2. The third-order valence-electron chi connectivity index (χ3n) is 3.96. The zero-order valence-electron chi connectivity index (χ0n) is 14.4. The number of carbonyl (C=O) groups is 1. The number of anilines is 1. The molecule has 1 heterocycles. The normalized spacial score (nSPS) is 10.3. The predicted octanol–water partition coefficient (Wildman–Crippen LogP) is 3.22. The van der Waals surface area contributed by atoms with Gasteiger partial charge in [0.15, 0.2) is 0 Å². The first-order valence-corrected chi connectivity index (χ1v) is 8.47. The van der Waals surface area contributed by atoms with E-state index in [4.69, 9.17) is 10.5 Å². The summed E-state index contributed by atoms with van der Waals surface area (Å²) in [6, 6.07) is 21.3. The zero-order chi connectivity index (χ0) is 18.2. The number of hydrogen-bond donors (Lipinski definition) is 2. The van der Waals surface area contributed by atoms with Crippen LogP contribution in [0.4, 0.5) is 5.82 Å². The van der Waals surface area contributed by atoms with Gasteiger partial charge in [0.1, 0.15) is 11.6 Å². The number of nitrogen functional groups attached to an aromatic ring is 1. The summed E-state index contributed by atoms with van der Waals surface area (Å²) in [5.74, 6) is 0.804. The minimum atomic E-state index is -0.237. The van der Waals surface area contributed by atoms with Crippen LogP contribution in [0, 0.1) is 0 Å². The highest BCUT2D eigenvalue weighted by Crippen LogP contribution is 2.13. The molecule has 3 N–H and O–H groups in total. The molecular formula is C21H21N3O2. The van der Waals surface area contributed by atoms with Crippen LogP contribution in [0.25, 0.3) is 0 Å². The van der Waals surface area contributed by atoms with Gasteiger partial charge in [-0.25, -0.2) is 4.98 Å². The van der Waals surface area contributed by atoms with E-state index in [0.29, 0.717) is 18.7 Å². The molecule has 26 heavy (non-hydrogen) atoms. The average Bonchev–Trinajstić information content (AvgIpc) is 2.68. The highest BCUT2D eigenvalue weighted by molar-refractivity contribution is 5.98. The number of carbonyl (C=O) groups excluding carboxylic acids is 1. The molecule has 0 aliphatic carbocycles. The number of aromatic nitrogens is 1. The van der Waals surface area contributed by atoms with Gasteiger partial charge in [0, 0.05) is 19.2 Å². The molecule has 5 heteroatoms. The molecule has 0 radical (unpaired) electrons. The second-order valence-corrected chi connectivity index (χ2v) is 5.85. The van der Waals surface area contributed by atoms with Crippen molar-refractivity contribution in [3.8, 4) is 5.75 Å². The largest absolute Gasteiger partial charge is 0.493 e. The number of nitrogens with zero attached hydrogens (tertiary/aromatic N) is 1. The van der Waals surface area contributed by atoms with Gasteiger partial charge in [-0.05, 0) is 35.4 Å². The fraction of sp³-hybridized carbons (Fsp3) is 0.143. The highest BCUT2D eigenvalue weighted by atomic mass is 16.5. The van der Waals surface area contributed by atoms with Gasteiger partial charge in [0.25, 0.3) is 5.91 Å². The fourth-order valence-corrected chi connectivity index (χ4v) is 2.52. The number of pyridine rings is 1. The molecule has 0 saturated carbocycles. The molecule has 0 spiro atoms. The molecule has 0 saturated heterocycles. The van der Waals surface area contributed by atoms with Crippen molar-refractivity contribution in [3.05, 3.63) is 89.6 Å². The van der Waals surface area contributed by atoms with E-state index < -0.39 is 0 Å². The summed E-state index contributed by atoms with van der Waals surface area (Å²) in [6.45, 7) is 1.04. The summed E-state index contributed by atoms with van der Waals surface area (Å²) in [4.78, 5) is 16.0. The molecular weight excluding hydrogens is 326 g/mol. The minimum absolute atomic E-state index is 0.229. The first kappa shape index (κ1) is 17.5. The number of ether oxygens (including phenoxy) is 1. The molecule has 2 aromatic carbocycles. The molecule has 0 aliphatic heterocycles. The number of nitrogens with one attached hydrogen (secondary N) is 1. The summed E-state index contributed by atoms with van der Waals surface area (Å²) < 4.78 is 5.76. The Bertz CT molecular complexity index is 849. The third-order valence-corrected chi connectivity index (χ3v) is 3.96. The van der Waals surface area contributed by atoms with E-state index in [-0.39, 0.29) is 11.7 Å². The summed E-state index contributed by atoms with van der Waals surface area (Å²) in [5, 5.41) is 2.84. The topological polar surface area (TPSA) is 77.2 Å². The Balaban J connectivity index is 1.47. The number of rotatable bonds is 7. The molecule has 5 nitrogen and oxygen atoms in total. The van der Waals surface area contributed by atoms with Crippen LogP contribution in [-0.4, -0.2) is 17.5 Å². The Kier molecular flexibility index (Phi) is 5.83. The van der Waals surface area contributed by atoms with E-state index in [9.17, 15) is 4.79 Å². The van der Waals surface area contributed by atoms with Crippen LogP contribution in [0.15, 0.2) is 72.9 Å². The fourth-order valence-electron chi connectivity index (χ4n) is 2.52. The van der Waals surface area contributed by atoms with E-state index in [1.807, 2.05) is 42.5 Å². The Morgan fingerprint density at radius 1 is 0.962 bits per heavy atom. The number of benzene rings is 2. The van der Waals surface area contributed by atoms with E-state index in [1.54, 1.807) is 18.3 Å². The van der Waals surface area contributed by atoms with Crippen molar-refractivity contribution in [2.45, 2.75) is 13.0 Å². The quantitative estimate of drug-likeness (QED) is 0.688. The maximum Gasteiger partial charge on any atom is 0.255 e. The van der Waals surface area contributed by atoms with Gasteiger partial charge in [-0.3, -0.25) is 4.79 Å². The molecule has 132 valence electrons. The van der Waals surface area contributed by atoms with Gasteiger partial charge in [0.2, 0.25) is 0 Å². The van der Waals surface area contributed by atoms with Gasteiger partial charge in [-0.15, -0.1) is 0 Å². The Morgan fingerprint density at radius 2 is 1.73 bits per heavy atom. The van der Waals surface area contributed by atoms with Gasteiger partial charge >= 0.3 is 0 Å². The first-order chi connectivity index (χ1) is 12.7. The van der Waals surface area contributed by atoms with Crippen molar-refractivity contribution in [1.82, 2.24) is 10.3 Å². The summed E-state index contributed by atoms with van der Waals surface area (Å²) in [5.41, 5.74) is 8.33. The van der Waals surface area contributed by atoms with Crippen molar-refractivity contribution in [3.63, 3.8) is 0 Å². The van der Waals surface area contributed by atoms with Gasteiger partial charge in [-0.1, -0.05) is 42.5 Å². The van der Waals surface area contributed by atoms with Crippen LogP contribution in [0.1, 0.15) is 21.5 Å². The van der Waals surface area contributed by atoms with Crippen LogP contribution in [-0.2, 0) is 13.0 Å². The molecule has 0 bridgehead atoms. The number of hydrogen-bond acceptors (Lipinski definition) is 4. The molecule has 0 fully saturated rings. The second-order valence-electron chi connectivity index (χ2n) is 5.85. The van der Waals surface area contributed by atoms with Crippen molar-refractivity contribution in [2.24, 2.45) is 0 Å². The predicted molar refractivity (Wildman–Crippen MR) is 102 cm³/mol. The zero-order valence-corrected chi connectivity index (χ0v) is 14.4. The SMILES string of the molecule is Nc1ncccc1C(=O)NCc1ccc(OCCc2ccccc2)cc1. The highest BCUT2D eigenvalue weighted by Gasteiger charge is 2.09. The molecule has 1 amide bonds. The van der Waals surface area contributed by atoms with Crippen molar-refractivity contribution in [2.75, 3.05) is 12.3 Å². The van der Waals surface area contributed by atoms with Gasteiger partial charge < -0.3 is 15.8 Å². The van der Waals surface area contributed by atoms with Crippen LogP contribution in [0.2, 0.25) is 0 Å². The van der Waals surface area contributed by atoms with E-state index in [2.05, 4.69) is 22.4 Å². The lowest BCUT2D eigenvalue weighted by molar-refractivity contribution is 0.0951. The minimum Gasteiger partial charge on any atom is -0.493 e. The van der Waals surface area contributed by atoms with E-state index in [1.165, 1.54) is 5.56 Å². The molecule has 1 aromatic heterocycles. The monoisotopic (exact) mass is 347 g/mol. The number of nitrogens with two attached hydrogens (primary N) is 1. The van der Waals surface area contributed by atoms with Crippen molar-refractivity contribution >= 4 is 11.7 Å². The maximum absolute atomic E-state index is 12.1. The van der Waals surface area contributed by atoms with E-state index in [0.717, 1.165) is 17.7 Å². The van der Waals surface area contributed by atoms with Crippen LogP contribution in [0.3, 0.4) is 0 Å². The number of amides is 1. The molecule has 3 aromatic rings. The average molecular weight is 347 g/mol. The molecule has 3 rings (SSSR count). The van der Waals surface area contributed by atoms with E-state index >= 15 is 0 Å². The Labute approximate surface area is 152 Å². The van der Waals surface area contributed by atoms with Gasteiger partial charge in [-0.2, -0.15) is 0 Å². The summed E-state index contributed by atoms with van der Waals surface area (Å²) in [7, 11) is 0. The lowest BCUT2D eigenvalue weighted by Gasteiger charge is -2.09. The van der Waals surface area contributed by atoms with Crippen molar-refractivity contribution < 1.29 is 9.53 Å². The third kappa shape index (κ3) is 4.83. The standard InChI is InChI=1S/C21H21N3O2/c22-20-19(7-4-13-23-20)21(25)24-15-17-8-10-18(11-9-17)26-14-12-16-5-2-1-3-6-16/h1-11,13H,12,14-15H2,(H2,22,23)(H,24,25). The molecule has 0 aliphatic rings. The summed E-state index contributed by atoms with van der Waals surface area (Å²) in [6.07, 6.45) is 2.42.